The number of hydrogen-bond acceptors (Lipinski definition) is 5. The fourth-order valence-corrected chi connectivity index (χ4v) is 6.01. The van der Waals surface area contributed by atoms with Gasteiger partial charge in [0, 0.05) is 32.2 Å². The van der Waals surface area contributed by atoms with Crippen molar-refractivity contribution in [3.8, 4) is 11.5 Å². The zero-order chi connectivity index (χ0) is 29.6. The van der Waals surface area contributed by atoms with Gasteiger partial charge in [0.05, 0.1) is 12.0 Å². The maximum Gasteiger partial charge on any atom is 0.314 e. The number of carbonyl (C=O) groups excluding carboxylic acids is 1. The van der Waals surface area contributed by atoms with Crippen LogP contribution in [0.3, 0.4) is 0 Å². The number of carbonyl (C=O) groups is 1. The van der Waals surface area contributed by atoms with E-state index < -0.39 is 17.6 Å². The Morgan fingerprint density at radius 3 is 1.98 bits per heavy atom. The van der Waals surface area contributed by atoms with Crippen molar-refractivity contribution in [1.82, 2.24) is 4.98 Å². The number of benzene rings is 1. The molecule has 0 radical (unpaired) electrons. The summed E-state index contributed by atoms with van der Waals surface area (Å²) in [5, 5.41) is 0. The van der Waals surface area contributed by atoms with Gasteiger partial charge in [-0.2, -0.15) is 8.78 Å². The second-order valence-corrected chi connectivity index (χ2v) is 12.0. The van der Waals surface area contributed by atoms with E-state index in [-0.39, 0.29) is 23.5 Å². The number of hydrogen-bond donors (Lipinski definition) is 0. The number of nitrogens with zero attached hydrogens (tertiary/aromatic N) is 2. The Morgan fingerprint density at radius 2 is 1.39 bits per heavy atom. The summed E-state index contributed by atoms with van der Waals surface area (Å²) in [5.41, 5.74) is 1.19. The molecule has 2 saturated carbocycles. The Bertz CT molecular complexity index is 1030. The van der Waals surface area contributed by atoms with E-state index in [1.807, 2.05) is 31.1 Å². The highest BCUT2D eigenvalue weighted by molar-refractivity contribution is 5.75. The van der Waals surface area contributed by atoms with Crippen LogP contribution >= 0.6 is 0 Å². The molecule has 41 heavy (non-hydrogen) atoms. The number of anilines is 1. The van der Waals surface area contributed by atoms with Crippen LogP contribution in [0.4, 0.5) is 14.5 Å². The van der Waals surface area contributed by atoms with Crippen molar-refractivity contribution in [3.05, 3.63) is 48.3 Å². The van der Waals surface area contributed by atoms with Crippen LogP contribution in [-0.4, -0.2) is 31.2 Å². The standard InChI is InChI=1S/C27H40F2O3.C7H10N2/c1-3-5-6-8-20-9-13-21(14-10-20)27(30)32-24-18-17-23(25(28)26(24)29)31-22-15-11-19(7-4-2)12-16-22;1-9(2)7-3-5-8-6-4-7/h17-22H,3-16H2,1-2H3;3-6H,1-2H3/t19-,20-,21-,22-;. The molecule has 2 aliphatic carbocycles. The van der Waals surface area contributed by atoms with Crippen molar-refractivity contribution in [1.29, 1.82) is 0 Å². The van der Waals surface area contributed by atoms with Gasteiger partial charge in [-0.3, -0.25) is 9.78 Å². The normalized spacial score (nSPS) is 22.3. The van der Waals surface area contributed by atoms with Crippen LogP contribution in [0.1, 0.15) is 104 Å². The lowest BCUT2D eigenvalue weighted by Crippen LogP contribution is -2.26. The summed E-state index contributed by atoms with van der Waals surface area (Å²) >= 11 is 0. The summed E-state index contributed by atoms with van der Waals surface area (Å²) in [6.45, 7) is 4.39. The molecule has 7 heteroatoms. The molecule has 0 atom stereocenters. The molecule has 4 rings (SSSR count). The van der Waals surface area contributed by atoms with Gasteiger partial charge in [0.2, 0.25) is 11.6 Å². The number of aromatic nitrogens is 1. The molecule has 2 fully saturated rings. The minimum Gasteiger partial charge on any atom is -0.487 e. The number of esters is 1. The van der Waals surface area contributed by atoms with Crippen LogP contribution in [0.2, 0.25) is 0 Å². The average Bonchev–Trinajstić information content (AvgIpc) is 2.99. The molecule has 228 valence electrons. The van der Waals surface area contributed by atoms with Crippen LogP contribution in [0.5, 0.6) is 11.5 Å². The van der Waals surface area contributed by atoms with Crippen LogP contribution in [-0.2, 0) is 4.79 Å². The first-order valence-corrected chi connectivity index (χ1v) is 15.8. The third-order valence-corrected chi connectivity index (χ3v) is 8.58. The van der Waals surface area contributed by atoms with Gasteiger partial charge in [-0.05, 0) is 87.5 Å². The molecule has 0 unspecified atom stereocenters. The van der Waals surface area contributed by atoms with Crippen LogP contribution in [0.25, 0.3) is 0 Å². The first-order valence-electron chi connectivity index (χ1n) is 15.8. The molecule has 0 amide bonds. The number of ether oxygens (including phenoxy) is 2. The molecule has 0 spiro atoms. The van der Waals surface area contributed by atoms with E-state index in [1.54, 1.807) is 12.4 Å². The Labute approximate surface area is 246 Å². The van der Waals surface area contributed by atoms with Crippen LogP contribution in [0, 0.1) is 29.4 Å². The maximum absolute atomic E-state index is 14.6. The van der Waals surface area contributed by atoms with Crippen molar-refractivity contribution in [2.75, 3.05) is 19.0 Å². The number of halogens is 2. The van der Waals surface area contributed by atoms with E-state index in [0.29, 0.717) is 5.92 Å². The molecular formula is C34H50F2N2O3. The predicted octanol–water partition coefficient (Wildman–Crippen LogP) is 9.14. The Balaban J connectivity index is 0.000000436. The van der Waals surface area contributed by atoms with E-state index in [9.17, 15) is 13.6 Å². The number of pyridine rings is 1. The van der Waals surface area contributed by atoms with Gasteiger partial charge in [0.1, 0.15) is 0 Å². The van der Waals surface area contributed by atoms with Gasteiger partial charge in [-0.25, -0.2) is 0 Å². The lowest BCUT2D eigenvalue weighted by molar-refractivity contribution is -0.140. The van der Waals surface area contributed by atoms with Crippen LogP contribution < -0.4 is 14.4 Å². The van der Waals surface area contributed by atoms with Gasteiger partial charge in [-0.1, -0.05) is 52.4 Å². The summed E-state index contributed by atoms with van der Waals surface area (Å²) < 4.78 is 40.3. The van der Waals surface area contributed by atoms with Gasteiger partial charge in [0.25, 0.3) is 0 Å². The Hall–Kier alpha value is -2.70. The minimum absolute atomic E-state index is 0.0853. The second kappa shape index (κ2) is 17.3. The summed E-state index contributed by atoms with van der Waals surface area (Å²) in [4.78, 5) is 18.5. The van der Waals surface area contributed by atoms with E-state index in [4.69, 9.17) is 9.47 Å². The fraction of sp³-hybridized carbons (Fsp3) is 0.647. The third-order valence-electron chi connectivity index (χ3n) is 8.58. The van der Waals surface area contributed by atoms with Gasteiger partial charge < -0.3 is 14.4 Å². The minimum atomic E-state index is -1.14. The second-order valence-electron chi connectivity index (χ2n) is 12.0. The van der Waals surface area contributed by atoms with Gasteiger partial charge in [0.15, 0.2) is 11.5 Å². The smallest absolute Gasteiger partial charge is 0.314 e. The summed E-state index contributed by atoms with van der Waals surface area (Å²) in [7, 11) is 4.02. The van der Waals surface area contributed by atoms with Crippen molar-refractivity contribution in [2.45, 2.75) is 110 Å². The molecule has 1 aromatic carbocycles. The molecule has 2 aromatic rings. The zero-order valence-corrected chi connectivity index (χ0v) is 25.5. The monoisotopic (exact) mass is 572 g/mol. The number of unbranched alkanes of at least 4 members (excludes halogenated alkanes) is 2. The highest BCUT2D eigenvalue weighted by Gasteiger charge is 2.29. The molecule has 2 aliphatic rings. The molecule has 0 bridgehead atoms. The summed E-state index contributed by atoms with van der Waals surface area (Å²) in [6.07, 6.45) is 18.2. The van der Waals surface area contributed by atoms with Crippen molar-refractivity contribution >= 4 is 11.7 Å². The van der Waals surface area contributed by atoms with E-state index in [1.165, 1.54) is 56.3 Å². The summed E-state index contributed by atoms with van der Waals surface area (Å²) in [5.74, 6) is -1.91. The highest BCUT2D eigenvalue weighted by atomic mass is 19.2. The van der Waals surface area contributed by atoms with E-state index in [2.05, 4.69) is 18.8 Å². The fourth-order valence-electron chi connectivity index (χ4n) is 6.01. The molecule has 1 aromatic heterocycles. The van der Waals surface area contributed by atoms with Gasteiger partial charge in [-0.15, -0.1) is 0 Å². The Morgan fingerprint density at radius 1 is 0.805 bits per heavy atom. The predicted molar refractivity (Wildman–Crippen MR) is 161 cm³/mol. The molecule has 5 nitrogen and oxygen atoms in total. The van der Waals surface area contributed by atoms with Gasteiger partial charge >= 0.3 is 5.97 Å². The Kier molecular flexibility index (Phi) is 13.8. The topological polar surface area (TPSA) is 51.7 Å². The number of rotatable bonds is 11. The average molecular weight is 573 g/mol. The molecule has 1 heterocycles. The van der Waals surface area contributed by atoms with E-state index >= 15 is 0 Å². The molecule has 0 aliphatic heterocycles. The lowest BCUT2D eigenvalue weighted by atomic mass is 9.80. The SMILES string of the molecule is CCCCC[C@H]1CC[C@H](C(=O)Oc2ccc(O[C@H]3CC[C@H](CCC)CC3)c(F)c2F)CC1.CN(C)c1ccncc1. The summed E-state index contributed by atoms with van der Waals surface area (Å²) in [6, 6.07) is 6.66. The zero-order valence-electron chi connectivity index (χ0n) is 25.5. The molecule has 0 N–H and O–H groups in total. The highest BCUT2D eigenvalue weighted by Crippen LogP contribution is 2.36. The van der Waals surface area contributed by atoms with Crippen molar-refractivity contribution in [2.24, 2.45) is 17.8 Å². The van der Waals surface area contributed by atoms with Crippen molar-refractivity contribution < 1.29 is 23.0 Å². The van der Waals surface area contributed by atoms with Crippen molar-refractivity contribution in [3.63, 3.8) is 0 Å². The first kappa shape index (κ1) is 32.8. The van der Waals surface area contributed by atoms with E-state index in [0.717, 1.165) is 57.3 Å². The maximum atomic E-state index is 14.6. The van der Waals surface area contributed by atoms with Crippen LogP contribution in [0.15, 0.2) is 36.7 Å². The largest absolute Gasteiger partial charge is 0.487 e. The molecule has 0 saturated heterocycles. The molecular weight excluding hydrogens is 522 g/mol. The first-order chi connectivity index (χ1) is 19.8. The lowest BCUT2D eigenvalue weighted by Gasteiger charge is -2.29. The third kappa shape index (κ3) is 10.6. The quantitative estimate of drug-likeness (QED) is 0.153.